The summed E-state index contributed by atoms with van der Waals surface area (Å²) in [6.07, 6.45) is 3.13. The number of amides is 2. The number of nitrogens with zero attached hydrogens (tertiary/aromatic N) is 1. The summed E-state index contributed by atoms with van der Waals surface area (Å²) in [7, 11) is 1.55. The molecule has 2 amide bonds. The van der Waals surface area contributed by atoms with Crippen molar-refractivity contribution in [2.75, 3.05) is 18.9 Å². The van der Waals surface area contributed by atoms with E-state index < -0.39 is 0 Å². The van der Waals surface area contributed by atoms with Gasteiger partial charge in [-0.2, -0.15) is 0 Å². The van der Waals surface area contributed by atoms with Gasteiger partial charge in [-0.15, -0.1) is 0 Å². The Hall–Kier alpha value is -2.95. The summed E-state index contributed by atoms with van der Waals surface area (Å²) in [6, 6.07) is 13.2. The maximum atomic E-state index is 12.8. The summed E-state index contributed by atoms with van der Waals surface area (Å²) in [4.78, 5) is 25.2. The lowest BCUT2D eigenvalue weighted by molar-refractivity contribution is -0.129. The molecule has 0 spiro atoms. The molecule has 1 N–H and O–H groups in total. The van der Waals surface area contributed by atoms with Gasteiger partial charge in [0.15, 0.2) is 0 Å². The molecule has 0 heterocycles. The van der Waals surface area contributed by atoms with Crippen molar-refractivity contribution >= 4 is 23.6 Å². The van der Waals surface area contributed by atoms with Gasteiger partial charge in [0, 0.05) is 18.8 Å². The maximum Gasteiger partial charge on any atom is 0.246 e. The van der Waals surface area contributed by atoms with E-state index in [1.165, 1.54) is 35.2 Å². The molecule has 0 atom stereocenters. The minimum absolute atomic E-state index is 0.0888. The lowest BCUT2D eigenvalue weighted by Gasteiger charge is -2.14. The molecule has 0 saturated carbocycles. The molecule has 0 aliphatic heterocycles. The van der Waals surface area contributed by atoms with Gasteiger partial charge < -0.3 is 10.2 Å². The monoisotopic (exact) mass is 326 g/mol. The molecule has 0 aliphatic rings. The van der Waals surface area contributed by atoms with Crippen molar-refractivity contribution in [3.8, 4) is 0 Å². The van der Waals surface area contributed by atoms with Gasteiger partial charge in [0.05, 0.1) is 6.54 Å². The zero-order chi connectivity index (χ0) is 17.5. The van der Waals surface area contributed by atoms with E-state index in [9.17, 15) is 14.0 Å². The normalized spacial score (nSPS) is 10.6. The van der Waals surface area contributed by atoms with Gasteiger partial charge in [-0.1, -0.05) is 29.8 Å². The van der Waals surface area contributed by atoms with Gasteiger partial charge in [-0.05, 0) is 42.8 Å². The third kappa shape index (κ3) is 5.35. The second-order valence-electron chi connectivity index (χ2n) is 5.49. The Kier molecular flexibility index (Phi) is 5.84. The van der Waals surface area contributed by atoms with E-state index in [-0.39, 0.29) is 24.2 Å². The summed E-state index contributed by atoms with van der Waals surface area (Å²) < 4.78 is 12.8. The van der Waals surface area contributed by atoms with E-state index in [0.717, 1.165) is 11.1 Å². The highest BCUT2D eigenvalue weighted by molar-refractivity contribution is 5.97. The molecule has 0 bridgehead atoms. The molecule has 0 aliphatic carbocycles. The van der Waals surface area contributed by atoms with Crippen LogP contribution in [0, 0.1) is 12.7 Å². The van der Waals surface area contributed by atoms with Crippen LogP contribution in [0.5, 0.6) is 0 Å². The van der Waals surface area contributed by atoms with Crippen LogP contribution in [0.15, 0.2) is 54.6 Å². The predicted molar refractivity (Wildman–Crippen MR) is 92.9 cm³/mol. The molecular formula is C19H19FN2O2. The number of carbonyl (C=O) groups is 2. The first-order valence-corrected chi connectivity index (χ1v) is 7.49. The van der Waals surface area contributed by atoms with Crippen LogP contribution in [0.2, 0.25) is 0 Å². The maximum absolute atomic E-state index is 12.8. The summed E-state index contributed by atoms with van der Waals surface area (Å²) in [6.45, 7) is 1.90. The quantitative estimate of drug-likeness (QED) is 0.858. The first-order valence-electron chi connectivity index (χ1n) is 7.49. The lowest BCUT2D eigenvalue weighted by atomic mass is 10.1. The number of likely N-dealkylation sites (N-methyl/N-ethyl adjacent to an activating group) is 1. The Morgan fingerprint density at radius 2 is 1.71 bits per heavy atom. The molecular weight excluding hydrogens is 307 g/mol. The molecule has 2 rings (SSSR count). The first-order chi connectivity index (χ1) is 11.4. The molecule has 0 aromatic heterocycles. The molecule has 0 unspecified atom stereocenters. The Morgan fingerprint density at radius 1 is 1.08 bits per heavy atom. The second kappa shape index (κ2) is 8.06. The molecule has 0 saturated heterocycles. The minimum Gasteiger partial charge on any atom is -0.333 e. The number of nitrogens with one attached hydrogen (secondary N) is 1. The molecule has 5 heteroatoms. The summed E-state index contributed by atoms with van der Waals surface area (Å²) in [5, 5.41) is 2.61. The van der Waals surface area contributed by atoms with Crippen LogP contribution in [0.3, 0.4) is 0 Å². The largest absolute Gasteiger partial charge is 0.333 e. The van der Waals surface area contributed by atoms with Gasteiger partial charge in [0.1, 0.15) is 5.82 Å². The summed E-state index contributed by atoms with van der Waals surface area (Å²) in [5.41, 5.74) is 2.55. The first kappa shape index (κ1) is 17.4. The SMILES string of the molecule is Cc1ccc(/C=C/C(=O)N(C)CC(=O)Nc2ccc(F)cc2)cc1. The van der Waals surface area contributed by atoms with Crippen LogP contribution in [0.1, 0.15) is 11.1 Å². The van der Waals surface area contributed by atoms with Crippen molar-refractivity contribution in [2.24, 2.45) is 0 Å². The Labute approximate surface area is 140 Å². The van der Waals surface area contributed by atoms with E-state index >= 15 is 0 Å². The molecule has 0 radical (unpaired) electrons. The molecule has 124 valence electrons. The van der Waals surface area contributed by atoms with Crippen LogP contribution in [0.4, 0.5) is 10.1 Å². The van der Waals surface area contributed by atoms with E-state index in [0.29, 0.717) is 5.69 Å². The average molecular weight is 326 g/mol. The van der Waals surface area contributed by atoms with Crippen LogP contribution >= 0.6 is 0 Å². The number of hydrogen-bond acceptors (Lipinski definition) is 2. The minimum atomic E-state index is -0.374. The van der Waals surface area contributed by atoms with E-state index in [1.54, 1.807) is 13.1 Å². The fourth-order valence-electron chi connectivity index (χ4n) is 2.00. The van der Waals surface area contributed by atoms with Crippen molar-refractivity contribution in [2.45, 2.75) is 6.92 Å². The molecule has 4 nitrogen and oxygen atoms in total. The van der Waals surface area contributed by atoms with Gasteiger partial charge >= 0.3 is 0 Å². The van der Waals surface area contributed by atoms with Crippen molar-refractivity contribution < 1.29 is 14.0 Å². The topological polar surface area (TPSA) is 49.4 Å². The van der Waals surface area contributed by atoms with Crippen molar-refractivity contribution in [1.82, 2.24) is 4.90 Å². The zero-order valence-corrected chi connectivity index (χ0v) is 13.6. The smallest absolute Gasteiger partial charge is 0.246 e. The van der Waals surface area contributed by atoms with E-state index in [2.05, 4.69) is 5.32 Å². The third-order valence-corrected chi connectivity index (χ3v) is 3.38. The molecule has 24 heavy (non-hydrogen) atoms. The second-order valence-corrected chi connectivity index (χ2v) is 5.49. The Balaban J connectivity index is 1.87. The van der Waals surface area contributed by atoms with Gasteiger partial charge in [-0.25, -0.2) is 4.39 Å². The fourth-order valence-corrected chi connectivity index (χ4v) is 2.00. The number of aryl methyl sites for hydroxylation is 1. The van der Waals surface area contributed by atoms with Crippen LogP contribution in [0.25, 0.3) is 6.08 Å². The average Bonchev–Trinajstić information content (AvgIpc) is 2.56. The summed E-state index contributed by atoms with van der Waals surface area (Å²) >= 11 is 0. The van der Waals surface area contributed by atoms with Crippen LogP contribution in [-0.4, -0.2) is 30.3 Å². The van der Waals surface area contributed by atoms with E-state index in [1.807, 2.05) is 31.2 Å². The molecule has 0 fully saturated rings. The van der Waals surface area contributed by atoms with Crippen molar-refractivity contribution in [1.29, 1.82) is 0 Å². The zero-order valence-electron chi connectivity index (χ0n) is 13.6. The highest BCUT2D eigenvalue weighted by atomic mass is 19.1. The van der Waals surface area contributed by atoms with Gasteiger partial charge in [0.25, 0.3) is 0 Å². The highest BCUT2D eigenvalue weighted by Crippen LogP contribution is 2.08. The number of hydrogen-bond donors (Lipinski definition) is 1. The Morgan fingerprint density at radius 3 is 2.33 bits per heavy atom. The number of halogens is 1. The van der Waals surface area contributed by atoms with Crippen molar-refractivity contribution in [3.05, 3.63) is 71.6 Å². The third-order valence-electron chi connectivity index (χ3n) is 3.38. The van der Waals surface area contributed by atoms with Gasteiger partial charge in [0.2, 0.25) is 11.8 Å². The molecule has 2 aromatic carbocycles. The standard InChI is InChI=1S/C19H19FN2O2/c1-14-3-5-15(6-4-14)7-12-19(24)22(2)13-18(23)21-17-10-8-16(20)9-11-17/h3-12H,13H2,1-2H3,(H,21,23)/b12-7+. The van der Waals surface area contributed by atoms with Crippen LogP contribution < -0.4 is 5.32 Å². The lowest BCUT2D eigenvalue weighted by Crippen LogP contribution is -2.33. The number of rotatable bonds is 5. The van der Waals surface area contributed by atoms with Gasteiger partial charge in [-0.3, -0.25) is 9.59 Å². The fraction of sp³-hybridized carbons (Fsp3) is 0.158. The van der Waals surface area contributed by atoms with Crippen LogP contribution in [-0.2, 0) is 9.59 Å². The number of anilines is 1. The Bertz CT molecular complexity index is 737. The molecule has 2 aromatic rings. The number of benzene rings is 2. The predicted octanol–water partition coefficient (Wildman–Crippen LogP) is 3.24. The summed E-state index contributed by atoms with van der Waals surface area (Å²) in [5.74, 6) is -0.993. The van der Waals surface area contributed by atoms with E-state index in [4.69, 9.17) is 0 Å². The highest BCUT2D eigenvalue weighted by Gasteiger charge is 2.10. The van der Waals surface area contributed by atoms with Crippen molar-refractivity contribution in [3.63, 3.8) is 0 Å². The number of carbonyl (C=O) groups excluding carboxylic acids is 2.